The number of nitrogens with one attached hydrogen (secondary N) is 2. The number of nitrogens with zero attached hydrogens (tertiary/aromatic N) is 3. The summed E-state index contributed by atoms with van der Waals surface area (Å²) in [5.74, 6) is 0.343. The highest BCUT2D eigenvalue weighted by atomic mass is 16.1. The zero-order valence-corrected chi connectivity index (χ0v) is 15.7. The SMILES string of the molecule is CC(=O)Nc1cc(-c2[nH]c3cccnc3c2-c2cccc3cccnc23)ccn1. The fourth-order valence-electron chi connectivity index (χ4n) is 3.64. The minimum absolute atomic E-state index is 0.161. The summed E-state index contributed by atoms with van der Waals surface area (Å²) in [6.07, 6.45) is 5.27. The number of amides is 1. The maximum Gasteiger partial charge on any atom is 0.222 e. The molecule has 5 rings (SSSR count). The second kappa shape index (κ2) is 6.83. The van der Waals surface area contributed by atoms with E-state index < -0.39 is 0 Å². The van der Waals surface area contributed by atoms with Crippen molar-refractivity contribution in [3.8, 4) is 22.4 Å². The van der Waals surface area contributed by atoms with Crippen molar-refractivity contribution in [3.05, 3.63) is 73.2 Å². The van der Waals surface area contributed by atoms with E-state index in [9.17, 15) is 4.79 Å². The molecule has 4 heterocycles. The van der Waals surface area contributed by atoms with Gasteiger partial charge in [-0.15, -0.1) is 0 Å². The highest BCUT2D eigenvalue weighted by Crippen LogP contribution is 2.40. The molecule has 0 spiro atoms. The van der Waals surface area contributed by atoms with Crippen LogP contribution in [-0.2, 0) is 4.79 Å². The number of pyridine rings is 3. The molecule has 0 saturated carbocycles. The third kappa shape index (κ3) is 3.00. The van der Waals surface area contributed by atoms with Crippen LogP contribution in [0.5, 0.6) is 0 Å². The van der Waals surface area contributed by atoms with Crippen LogP contribution < -0.4 is 5.32 Å². The zero-order valence-electron chi connectivity index (χ0n) is 15.7. The Morgan fingerprint density at radius 2 is 1.69 bits per heavy atom. The number of rotatable bonds is 3. The van der Waals surface area contributed by atoms with Crippen LogP contribution >= 0.6 is 0 Å². The smallest absolute Gasteiger partial charge is 0.222 e. The van der Waals surface area contributed by atoms with Gasteiger partial charge in [0.2, 0.25) is 5.91 Å². The van der Waals surface area contributed by atoms with Crippen LogP contribution in [0.2, 0.25) is 0 Å². The van der Waals surface area contributed by atoms with Crippen molar-refractivity contribution in [2.24, 2.45) is 0 Å². The van der Waals surface area contributed by atoms with Crippen LogP contribution in [0, 0.1) is 0 Å². The number of aromatic nitrogens is 4. The van der Waals surface area contributed by atoms with E-state index >= 15 is 0 Å². The molecular weight excluding hydrogens is 362 g/mol. The van der Waals surface area contributed by atoms with Crippen LogP contribution in [0.1, 0.15) is 6.92 Å². The molecule has 4 aromatic heterocycles. The van der Waals surface area contributed by atoms with Gasteiger partial charge in [-0.3, -0.25) is 14.8 Å². The van der Waals surface area contributed by atoms with Crippen molar-refractivity contribution in [1.82, 2.24) is 19.9 Å². The lowest BCUT2D eigenvalue weighted by Crippen LogP contribution is -2.07. The number of fused-ring (bicyclic) bond motifs is 2. The predicted molar refractivity (Wildman–Crippen MR) is 114 cm³/mol. The first-order valence-electron chi connectivity index (χ1n) is 9.25. The quantitative estimate of drug-likeness (QED) is 0.472. The fraction of sp³-hybridized carbons (Fsp3) is 0.0435. The van der Waals surface area contributed by atoms with E-state index in [2.05, 4.69) is 43.5 Å². The van der Waals surface area contributed by atoms with Crippen molar-refractivity contribution >= 4 is 33.7 Å². The van der Waals surface area contributed by atoms with E-state index in [1.54, 1.807) is 18.6 Å². The Morgan fingerprint density at radius 3 is 2.55 bits per heavy atom. The molecule has 140 valence electrons. The van der Waals surface area contributed by atoms with Gasteiger partial charge in [-0.05, 0) is 30.3 Å². The minimum atomic E-state index is -0.161. The lowest BCUT2D eigenvalue weighted by Gasteiger charge is -2.09. The summed E-state index contributed by atoms with van der Waals surface area (Å²) in [4.78, 5) is 28.5. The lowest BCUT2D eigenvalue weighted by molar-refractivity contribution is -0.114. The highest BCUT2D eigenvalue weighted by Gasteiger charge is 2.19. The lowest BCUT2D eigenvalue weighted by atomic mass is 9.98. The van der Waals surface area contributed by atoms with Gasteiger partial charge in [0.1, 0.15) is 5.82 Å². The fourth-order valence-corrected chi connectivity index (χ4v) is 3.64. The summed E-state index contributed by atoms with van der Waals surface area (Å²) in [6.45, 7) is 1.47. The van der Waals surface area contributed by atoms with Gasteiger partial charge in [-0.2, -0.15) is 0 Å². The Morgan fingerprint density at radius 1 is 0.897 bits per heavy atom. The molecule has 0 aliphatic rings. The molecule has 6 heteroatoms. The van der Waals surface area contributed by atoms with Crippen LogP contribution in [0.15, 0.2) is 73.2 Å². The number of hydrogen-bond donors (Lipinski definition) is 2. The second-order valence-electron chi connectivity index (χ2n) is 6.77. The Kier molecular flexibility index (Phi) is 4.02. The van der Waals surface area contributed by atoms with Crippen molar-refractivity contribution in [2.75, 3.05) is 5.32 Å². The monoisotopic (exact) mass is 379 g/mol. The molecule has 1 aromatic carbocycles. The summed E-state index contributed by atoms with van der Waals surface area (Å²) in [5, 5.41) is 3.81. The van der Waals surface area contributed by atoms with Gasteiger partial charge < -0.3 is 10.3 Å². The molecule has 0 radical (unpaired) electrons. The largest absolute Gasteiger partial charge is 0.353 e. The first-order valence-corrected chi connectivity index (χ1v) is 9.25. The van der Waals surface area contributed by atoms with E-state index in [4.69, 9.17) is 0 Å². The maximum atomic E-state index is 11.5. The maximum absolute atomic E-state index is 11.5. The molecule has 0 aliphatic heterocycles. The van der Waals surface area contributed by atoms with Crippen molar-refractivity contribution in [2.45, 2.75) is 6.92 Å². The predicted octanol–water partition coefficient (Wildman–Crippen LogP) is 4.80. The summed E-state index contributed by atoms with van der Waals surface area (Å²) in [5.41, 5.74) is 6.52. The second-order valence-corrected chi connectivity index (χ2v) is 6.77. The normalized spacial score (nSPS) is 11.1. The average molecular weight is 379 g/mol. The van der Waals surface area contributed by atoms with Gasteiger partial charge in [-0.1, -0.05) is 24.3 Å². The number of H-pyrrole nitrogens is 1. The molecule has 6 nitrogen and oxygen atoms in total. The summed E-state index contributed by atoms with van der Waals surface area (Å²) in [7, 11) is 0. The van der Waals surface area contributed by atoms with Crippen molar-refractivity contribution in [3.63, 3.8) is 0 Å². The topological polar surface area (TPSA) is 83.6 Å². The van der Waals surface area contributed by atoms with Gasteiger partial charge in [0, 0.05) is 47.6 Å². The van der Waals surface area contributed by atoms with Crippen LogP contribution in [0.25, 0.3) is 44.3 Å². The average Bonchev–Trinajstić information content (AvgIpc) is 3.12. The number of hydrogen-bond acceptors (Lipinski definition) is 4. The van der Waals surface area contributed by atoms with E-state index in [0.717, 1.165) is 44.3 Å². The first-order chi connectivity index (χ1) is 14.2. The number of carbonyl (C=O) groups excluding carboxylic acids is 1. The van der Waals surface area contributed by atoms with Crippen LogP contribution in [0.3, 0.4) is 0 Å². The molecule has 5 aromatic rings. The van der Waals surface area contributed by atoms with Gasteiger partial charge >= 0.3 is 0 Å². The van der Waals surface area contributed by atoms with Crippen molar-refractivity contribution < 1.29 is 4.79 Å². The standard InChI is InChI=1S/C23H17N5O/c1-14(29)27-19-13-16(9-12-24-19)22-20(23-18(28-22)8-4-11-26-23)17-7-2-5-15-6-3-10-25-21(15)17/h2-13,28H,1H3,(H,24,27,29). The Balaban J connectivity index is 1.81. The minimum Gasteiger partial charge on any atom is -0.353 e. The number of para-hydroxylation sites is 1. The molecule has 2 N–H and O–H groups in total. The summed E-state index contributed by atoms with van der Waals surface area (Å²) in [6, 6.07) is 17.8. The van der Waals surface area contributed by atoms with E-state index in [-0.39, 0.29) is 5.91 Å². The van der Waals surface area contributed by atoms with Gasteiger partial charge in [0.15, 0.2) is 0 Å². The molecule has 29 heavy (non-hydrogen) atoms. The molecule has 0 atom stereocenters. The van der Waals surface area contributed by atoms with Gasteiger partial charge in [0.25, 0.3) is 0 Å². The number of aromatic amines is 1. The van der Waals surface area contributed by atoms with Crippen molar-refractivity contribution in [1.29, 1.82) is 0 Å². The highest BCUT2D eigenvalue weighted by molar-refractivity contribution is 6.08. The van der Waals surface area contributed by atoms with Gasteiger partial charge in [0.05, 0.1) is 22.2 Å². The molecule has 1 amide bonds. The third-order valence-corrected chi connectivity index (χ3v) is 4.81. The first kappa shape index (κ1) is 17.1. The summed E-state index contributed by atoms with van der Waals surface area (Å²) >= 11 is 0. The van der Waals surface area contributed by atoms with E-state index in [1.807, 2.05) is 36.4 Å². The van der Waals surface area contributed by atoms with Gasteiger partial charge in [-0.25, -0.2) is 4.98 Å². The molecule has 0 fully saturated rings. The van der Waals surface area contributed by atoms with E-state index in [1.165, 1.54) is 6.92 Å². The van der Waals surface area contributed by atoms with Crippen LogP contribution in [0.4, 0.5) is 5.82 Å². The Bertz CT molecular complexity index is 1370. The molecule has 0 bridgehead atoms. The Labute approximate surface area is 166 Å². The number of anilines is 1. The number of benzene rings is 1. The molecular formula is C23H17N5O. The third-order valence-electron chi connectivity index (χ3n) is 4.81. The molecule has 0 unspecified atom stereocenters. The Hall–Kier alpha value is -4.06. The van der Waals surface area contributed by atoms with Crippen LogP contribution in [-0.4, -0.2) is 25.8 Å². The molecule has 0 aliphatic carbocycles. The zero-order chi connectivity index (χ0) is 19.8. The number of carbonyl (C=O) groups is 1. The van der Waals surface area contributed by atoms with E-state index in [0.29, 0.717) is 5.82 Å². The summed E-state index contributed by atoms with van der Waals surface area (Å²) < 4.78 is 0. The molecule has 0 saturated heterocycles.